The van der Waals surface area contributed by atoms with Crippen LogP contribution in [0.15, 0.2) is 158 Å². The minimum absolute atomic E-state index is 0.594. The highest BCUT2D eigenvalue weighted by molar-refractivity contribution is 6.10. The Morgan fingerprint density at radius 3 is 1.38 bits per heavy atom. The number of aromatic nitrogens is 2. The first-order chi connectivity index (χ1) is 23.7. The second-order valence-electron chi connectivity index (χ2n) is 12.1. The number of hydrogen-bond acceptors (Lipinski definition) is 2. The van der Waals surface area contributed by atoms with Crippen LogP contribution in [0.3, 0.4) is 0 Å². The SMILES string of the molecule is N#Cc1cc(-c2cc(-c3ccccc3)cc(-n3c4ccccc4c4cc(C#N)ccc43)c2)cc(-n2c3ccccc3c3ccccc32)c1. The van der Waals surface area contributed by atoms with Crippen LogP contribution in [0.4, 0.5) is 0 Å². The van der Waals surface area contributed by atoms with Crippen molar-refractivity contribution in [2.45, 2.75) is 0 Å². The second-order valence-corrected chi connectivity index (χ2v) is 12.1. The average Bonchev–Trinajstić information content (AvgIpc) is 3.67. The zero-order chi connectivity index (χ0) is 32.2. The van der Waals surface area contributed by atoms with Crippen molar-refractivity contribution in [3.05, 3.63) is 169 Å². The lowest BCUT2D eigenvalue weighted by Gasteiger charge is -2.16. The van der Waals surface area contributed by atoms with E-state index >= 15 is 0 Å². The molecule has 222 valence electrons. The van der Waals surface area contributed by atoms with Gasteiger partial charge in [0.25, 0.3) is 0 Å². The third-order valence-corrected chi connectivity index (χ3v) is 9.30. The second kappa shape index (κ2) is 10.9. The maximum Gasteiger partial charge on any atom is 0.0992 e. The van der Waals surface area contributed by atoms with Gasteiger partial charge in [-0.1, -0.05) is 84.9 Å². The molecule has 0 bridgehead atoms. The van der Waals surface area contributed by atoms with Crippen LogP contribution in [0.2, 0.25) is 0 Å². The highest BCUT2D eigenvalue weighted by Crippen LogP contribution is 2.38. The van der Waals surface area contributed by atoms with Gasteiger partial charge in [-0.3, -0.25) is 0 Å². The van der Waals surface area contributed by atoms with Gasteiger partial charge < -0.3 is 9.13 Å². The molecule has 0 radical (unpaired) electrons. The van der Waals surface area contributed by atoms with Crippen molar-refractivity contribution in [1.82, 2.24) is 9.13 Å². The Kier molecular flexibility index (Phi) is 6.22. The van der Waals surface area contributed by atoms with E-state index in [0.717, 1.165) is 66.5 Å². The molecule has 0 fully saturated rings. The van der Waals surface area contributed by atoms with E-state index in [4.69, 9.17) is 0 Å². The first-order valence-electron chi connectivity index (χ1n) is 15.9. The van der Waals surface area contributed by atoms with Crippen LogP contribution in [-0.4, -0.2) is 9.13 Å². The summed E-state index contributed by atoms with van der Waals surface area (Å²) in [6.45, 7) is 0. The largest absolute Gasteiger partial charge is 0.309 e. The van der Waals surface area contributed by atoms with Crippen molar-refractivity contribution in [2.24, 2.45) is 0 Å². The van der Waals surface area contributed by atoms with Gasteiger partial charge in [0.1, 0.15) is 0 Å². The molecule has 0 aliphatic carbocycles. The van der Waals surface area contributed by atoms with Gasteiger partial charge in [-0.05, 0) is 95.1 Å². The molecule has 2 aromatic heterocycles. The standard InChI is InChI=1S/C44H26N4/c45-27-29-18-19-44-40(22-29)39-14-6-9-17-43(39)48(44)36-25-33(31-10-2-1-3-11-31)23-34(26-36)32-20-30(28-46)21-35(24-32)47-41-15-7-4-12-37(41)38-13-5-8-16-42(38)47/h1-26H. The summed E-state index contributed by atoms with van der Waals surface area (Å²) in [4.78, 5) is 0. The highest BCUT2D eigenvalue weighted by atomic mass is 15.0. The molecule has 0 saturated heterocycles. The number of rotatable bonds is 4. The van der Waals surface area contributed by atoms with Gasteiger partial charge >= 0.3 is 0 Å². The van der Waals surface area contributed by atoms with E-state index in [0.29, 0.717) is 11.1 Å². The van der Waals surface area contributed by atoms with Crippen molar-refractivity contribution < 1.29 is 0 Å². The predicted octanol–water partition coefficient (Wildman–Crippen LogP) is 11.0. The van der Waals surface area contributed by atoms with Crippen LogP contribution >= 0.6 is 0 Å². The Morgan fingerprint density at radius 2 is 0.792 bits per heavy atom. The van der Waals surface area contributed by atoms with E-state index in [2.05, 4.69) is 137 Å². The summed E-state index contributed by atoms with van der Waals surface area (Å²) in [5.74, 6) is 0. The summed E-state index contributed by atoms with van der Waals surface area (Å²) < 4.78 is 4.54. The molecule has 0 aliphatic rings. The minimum atomic E-state index is 0.594. The van der Waals surface area contributed by atoms with Gasteiger partial charge in [0.05, 0.1) is 45.3 Å². The monoisotopic (exact) mass is 610 g/mol. The van der Waals surface area contributed by atoms with Crippen molar-refractivity contribution in [2.75, 3.05) is 0 Å². The Balaban J connectivity index is 1.33. The molecule has 0 N–H and O–H groups in total. The molecule has 9 rings (SSSR count). The summed E-state index contributed by atoms with van der Waals surface area (Å²) in [7, 11) is 0. The Bertz CT molecular complexity index is 2750. The van der Waals surface area contributed by atoms with Gasteiger partial charge in [-0.25, -0.2) is 0 Å². The first-order valence-corrected chi connectivity index (χ1v) is 15.9. The molecule has 48 heavy (non-hydrogen) atoms. The first kappa shape index (κ1) is 27.4. The average molecular weight is 611 g/mol. The summed E-state index contributed by atoms with van der Waals surface area (Å²) in [6, 6.07) is 59.1. The summed E-state index contributed by atoms with van der Waals surface area (Å²) in [5, 5.41) is 24.5. The van der Waals surface area contributed by atoms with Gasteiger partial charge in [0.15, 0.2) is 0 Å². The van der Waals surface area contributed by atoms with Gasteiger partial charge in [-0.15, -0.1) is 0 Å². The third kappa shape index (κ3) is 4.29. The van der Waals surface area contributed by atoms with E-state index in [9.17, 15) is 10.5 Å². The summed E-state index contributed by atoms with van der Waals surface area (Å²) in [6.07, 6.45) is 0. The molecule has 0 spiro atoms. The van der Waals surface area contributed by atoms with Gasteiger partial charge in [-0.2, -0.15) is 10.5 Å². The summed E-state index contributed by atoms with van der Waals surface area (Å²) in [5.41, 5.74) is 11.6. The number of benzene rings is 7. The topological polar surface area (TPSA) is 57.4 Å². The van der Waals surface area contributed by atoms with E-state index in [1.807, 2.05) is 42.5 Å². The number of nitrogens with zero attached hydrogens (tertiary/aromatic N) is 4. The zero-order valence-corrected chi connectivity index (χ0v) is 25.8. The molecule has 4 heteroatoms. The fourth-order valence-corrected chi connectivity index (χ4v) is 7.20. The Hall–Kier alpha value is -6.88. The molecule has 4 nitrogen and oxygen atoms in total. The maximum atomic E-state index is 10.3. The van der Waals surface area contributed by atoms with Crippen LogP contribution < -0.4 is 0 Å². The number of fused-ring (bicyclic) bond motifs is 6. The lowest BCUT2D eigenvalue weighted by molar-refractivity contribution is 1.17. The number of para-hydroxylation sites is 3. The van der Waals surface area contributed by atoms with Crippen LogP contribution in [-0.2, 0) is 0 Å². The van der Waals surface area contributed by atoms with Gasteiger partial charge in [0, 0.05) is 32.9 Å². The normalized spacial score (nSPS) is 11.3. The van der Waals surface area contributed by atoms with Gasteiger partial charge in [0.2, 0.25) is 0 Å². The molecular weight excluding hydrogens is 585 g/mol. The van der Waals surface area contributed by atoms with E-state index in [1.54, 1.807) is 0 Å². The molecule has 0 saturated carbocycles. The fraction of sp³-hybridized carbons (Fsp3) is 0. The Labute approximate surface area is 277 Å². The lowest BCUT2D eigenvalue weighted by Crippen LogP contribution is -1.98. The summed E-state index contributed by atoms with van der Waals surface area (Å²) >= 11 is 0. The van der Waals surface area contributed by atoms with Crippen molar-refractivity contribution in [3.63, 3.8) is 0 Å². The quantitative estimate of drug-likeness (QED) is 0.199. The zero-order valence-electron chi connectivity index (χ0n) is 25.8. The highest BCUT2D eigenvalue weighted by Gasteiger charge is 2.17. The molecule has 0 amide bonds. The molecule has 0 aliphatic heterocycles. The van der Waals surface area contributed by atoms with Crippen molar-refractivity contribution in [3.8, 4) is 45.8 Å². The third-order valence-electron chi connectivity index (χ3n) is 9.30. The van der Waals surface area contributed by atoms with Crippen molar-refractivity contribution in [1.29, 1.82) is 10.5 Å². The molecule has 0 atom stereocenters. The molecule has 0 unspecified atom stereocenters. The lowest BCUT2D eigenvalue weighted by atomic mass is 9.96. The number of nitriles is 2. The minimum Gasteiger partial charge on any atom is -0.309 e. The molecular formula is C44H26N4. The molecule has 9 aromatic rings. The van der Waals surface area contributed by atoms with E-state index < -0.39 is 0 Å². The van der Waals surface area contributed by atoms with E-state index in [-0.39, 0.29) is 0 Å². The Morgan fingerprint density at radius 1 is 0.333 bits per heavy atom. The van der Waals surface area contributed by atoms with E-state index in [1.165, 1.54) is 10.8 Å². The van der Waals surface area contributed by atoms with Crippen LogP contribution in [0.25, 0.3) is 77.2 Å². The van der Waals surface area contributed by atoms with Crippen LogP contribution in [0, 0.1) is 22.7 Å². The van der Waals surface area contributed by atoms with Crippen molar-refractivity contribution >= 4 is 43.6 Å². The number of hydrogen-bond donors (Lipinski definition) is 0. The predicted molar refractivity (Wildman–Crippen MR) is 195 cm³/mol. The van der Waals surface area contributed by atoms with Crippen LogP contribution in [0.1, 0.15) is 11.1 Å². The molecule has 2 heterocycles. The maximum absolute atomic E-state index is 10.3. The fourth-order valence-electron chi connectivity index (χ4n) is 7.20. The molecule has 7 aromatic carbocycles. The smallest absolute Gasteiger partial charge is 0.0992 e. The van der Waals surface area contributed by atoms with Crippen LogP contribution in [0.5, 0.6) is 0 Å².